The summed E-state index contributed by atoms with van der Waals surface area (Å²) >= 11 is 0. The number of carbonyl (C=O) groups excluding carboxylic acids is 1. The van der Waals surface area contributed by atoms with Crippen LogP contribution in [0.15, 0.2) is 35.4 Å². The number of hydrogen-bond acceptors (Lipinski definition) is 6. The number of benzene rings is 2. The number of urea groups is 1. The summed E-state index contributed by atoms with van der Waals surface area (Å²) in [4.78, 5) is 17.3. The summed E-state index contributed by atoms with van der Waals surface area (Å²) in [5.74, 6) is 1.37. The predicted molar refractivity (Wildman–Crippen MR) is 104 cm³/mol. The van der Waals surface area contributed by atoms with Crippen molar-refractivity contribution in [3.05, 3.63) is 52.6 Å². The van der Waals surface area contributed by atoms with E-state index in [-0.39, 0.29) is 12.8 Å². The molecule has 2 amide bonds. The number of nitrogens with zero attached hydrogens (tertiary/aromatic N) is 2. The lowest BCUT2D eigenvalue weighted by atomic mass is 9.93. The zero-order chi connectivity index (χ0) is 19.8. The number of fused-ring (bicyclic) bond motifs is 2. The Morgan fingerprint density at radius 1 is 1.29 bits per heavy atom. The van der Waals surface area contributed by atoms with Crippen molar-refractivity contribution < 1.29 is 19.1 Å². The largest absolute Gasteiger partial charge is 0.454 e. The third-order valence-electron chi connectivity index (χ3n) is 4.93. The summed E-state index contributed by atoms with van der Waals surface area (Å²) < 4.78 is 11.1. The van der Waals surface area contributed by atoms with Crippen molar-refractivity contribution >= 4 is 17.4 Å². The molecule has 8 heteroatoms. The standard InChI is InChI=1S/C20H22N4O4/c1-11-6-13(4-5-16(11)21)19-15-9-18-17(27-10-28-18)8-14(15)7-12(2)24(22-19)20(25)23-26-3/h4-6,8-9,12H,7,10,21H2,1-3H3,(H,23,25). The van der Waals surface area contributed by atoms with Gasteiger partial charge in [0.2, 0.25) is 6.79 Å². The Hall–Kier alpha value is -3.26. The van der Waals surface area contributed by atoms with Gasteiger partial charge in [0.05, 0.1) is 18.9 Å². The number of rotatable bonds is 2. The number of carbonyl (C=O) groups is 1. The van der Waals surface area contributed by atoms with E-state index in [1.54, 1.807) is 0 Å². The van der Waals surface area contributed by atoms with E-state index in [2.05, 4.69) is 5.48 Å². The van der Waals surface area contributed by atoms with E-state index in [1.165, 1.54) is 12.1 Å². The summed E-state index contributed by atoms with van der Waals surface area (Å²) in [6, 6.07) is 8.96. The van der Waals surface area contributed by atoms with E-state index in [4.69, 9.17) is 25.1 Å². The fourth-order valence-corrected chi connectivity index (χ4v) is 3.45. The summed E-state index contributed by atoms with van der Waals surface area (Å²) in [6.45, 7) is 4.07. The van der Waals surface area contributed by atoms with Crippen molar-refractivity contribution in [2.24, 2.45) is 5.10 Å². The molecule has 0 radical (unpaired) electrons. The molecule has 0 fully saturated rings. The van der Waals surface area contributed by atoms with Gasteiger partial charge in [-0.1, -0.05) is 6.07 Å². The molecule has 0 aromatic heterocycles. The van der Waals surface area contributed by atoms with E-state index in [1.807, 2.05) is 44.2 Å². The molecule has 2 aromatic carbocycles. The van der Waals surface area contributed by atoms with Crippen molar-refractivity contribution in [1.29, 1.82) is 0 Å². The maximum Gasteiger partial charge on any atom is 0.361 e. The molecule has 28 heavy (non-hydrogen) atoms. The van der Waals surface area contributed by atoms with E-state index in [0.29, 0.717) is 29.3 Å². The first-order valence-electron chi connectivity index (χ1n) is 8.98. The zero-order valence-electron chi connectivity index (χ0n) is 16.0. The molecule has 2 aliphatic heterocycles. The fraction of sp³-hybridized carbons (Fsp3) is 0.300. The molecule has 2 heterocycles. The first-order chi connectivity index (χ1) is 13.5. The molecular weight excluding hydrogens is 360 g/mol. The molecule has 0 saturated heterocycles. The molecule has 3 N–H and O–H groups in total. The van der Waals surface area contributed by atoms with Gasteiger partial charge in [-0.15, -0.1) is 0 Å². The van der Waals surface area contributed by atoms with Gasteiger partial charge in [0.25, 0.3) is 0 Å². The molecule has 1 unspecified atom stereocenters. The molecule has 0 saturated carbocycles. The minimum absolute atomic E-state index is 0.193. The van der Waals surface area contributed by atoms with Crippen LogP contribution in [-0.2, 0) is 11.3 Å². The molecular formula is C20H22N4O4. The monoisotopic (exact) mass is 382 g/mol. The number of nitrogens with one attached hydrogen (secondary N) is 1. The minimum atomic E-state index is -0.437. The number of hydrazone groups is 1. The maximum atomic E-state index is 12.5. The van der Waals surface area contributed by atoms with Crippen molar-refractivity contribution in [1.82, 2.24) is 10.5 Å². The Bertz CT molecular complexity index is 973. The second-order valence-electron chi connectivity index (χ2n) is 6.89. The van der Waals surface area contributed by atoms with Crippen molar-refractivity contribution in [2.45, 2.75) is 26.3 Å². The van der Waals surface area contributed by atoms with Gasteiger partial charge in [-0.25, -0.2) is 15.3 Å². The van der Waals surface area contributed by atoms with Crippen LogP contribution in [0, 0.1) is 6.92 Å². The average molecular weight is 382 g/mol. The fourth-order valence-electron chi connectivity index (χ4n) is 3.45. The third-order valence-corrected chi connectivity index (χ3v) is 4.93. The number of hydrogen-bond donors (Lipinski definition) is 2. The van der Waals surface area contributed by atoms with Gasteiger partial charge in [-0.2, -0.15) is 5.10 Å². The molecule has 0 bridgehead atoms. The first-order valence-corrected chi connectivity index (χ1v) is 8.98. The van der Waals surface area contributed by atoms with Crippen molar-refractivity contribution in [3.63, 3.8) is 0 Å². The molecule has 4 rings (SSSR count). The van der Waals surface area contributed by atoms with Gasteiger partial charge < -0.3 is 15.2 Å². The van der Waals surface area contributed by atoms with Crippen LogP contribution in [-0.4, -0.2) is 36.7 Å². The summed E-state index contributed by atoms with van der Waals surface area (Å²) in [5.41, 5.74) is 13.4. The lowest BCUT2D eigenvalue weighted by Gasteiger charge is -2.22. The number of nitrogens with two attached hydrogens (primary N) is 1. The Labute approximate surface area is 162 Å². The highest BCUT2D eigenvalue weighted by Gasteiger charge is 2.30. The molecule has 1 atom stereocenters. The Morgan fingerprint density at radius 2 is 2.04 bits per heavy atom. The number of amides is 2. The van der Waals surface area contributed by atoms with Crippen LogP contribution >= 0.6 is 0 Å². The number of nitrogen functional groups attached to an aromatic ring is 1. The quantitative estimate of drug-likeness (QED) is 0.614. The number of anilines is 1. The molecule has 2 aliphatic rings. The smallest absolute Gasteiger partial charge is 0.361 e. The lowest BCUT2D eigenvalue weighted by Crippen LogP contribution is -2.42. The normalized spacial score (nSPS) is 17.6. The highest BCUT2D eigenvalue weighted by Crippen LogP contribution is 2.37. The van der Waals surface area contributed by atoms with E-state index in [9.17, 15) is 4.79 Å². The van der Waals surface area contributed by atoms with Gasteiger partial charge in [-0.3, -0.25) is 4.84 Å². The Balaban J connectivity index is 1.90. The van der Waals surface area contributed by atoms with Crippen LogP contribution in [0.25, 0.3) is 0 Å². The third kappa shape index (κ3) is 3.11. The van der Waals surface area contributed by atoms with Gasteiger partial charge in [-0.05, 0) is 55.7 Å². The zero-order valence-corrected chi connectivity index (χ0v) is 16.0. The minimum Gasteiger partial charge on any atom is -0.454 e. The second kappa shape index (κ2) is 7.05. The van der Waals surface area contributed by atoms with Crippen LogP contribution in [0.5, 0.6) is 11.5 Å². The topological polar surface area (TPSA) is 98.4 Å². The van der Waals surface area contributed by atoms with Crippen LogP contribution in [0.2, 0.25) is 0 Å². The van der Waals surface area contributed by atoms with Crippen LogP contribution in [0.1, 0.15) is 29.2 Å². The van der Waals surface area contributed by atoms with E-state index < -0.39 is 6.03 Å². The van der Waals surface area contributed by atoms with Crippen LogP contribution in [0.3, 0.4) is 0 Å². The molecule has 8 nitrogen and oxygen atoms in total. The van der Waals surface area contributed by atoms with Gasteiger partial charge in [0.1, 0.15) is 0 Å². The van der Waals surface area contributed by atoms with Gasteiger partial charge in [0.15, 0.2) is 11.5 Å². The Morgan fingerprint density at radius 3 is 2.75 bits per heavy atom. The predicted octanol–water partition coefficient (Wildman–Crippen LogP) is 2.58. The molecule has 0 aliphatic carbocycles. The molecule has 2 aromatic rings. The number of ether oxygens (including phenoxy) is 2. The van der Waals surface area contributed by atoms with Crippen molar-refractivity contribution in [2.75, 3.05) is 19.6 Å². The lowest BCUT2D eigenvalue weighted by molar-refractivity contribution is 0.0805. The summed E-state index contributed by atoms with van der Waals surface area (Å²) in [6.07, 6.45) is 0.601. The van der Waals surface area contributed by atoms with Crippen LogP contribution in [0.4, 0.5) is 10.5 Å². The van der Waals surface area contributed by atoms with Crippen molar-refractivity contribution in [3.8, 4) is 11.5 Å². The Kier molecular flexibility index (Phi) is 4.56. The second-order valence-corrected chi connectivity index (χ2v) is 6.89. The SMILES string of the molecule is CONC(=O)N1N=C(c2ccc(N)c(C)c2)c2cc3c(cc2CC1C)OCO3. The van der Waals surface area contributed by atoms with Gasteiger partial charge in [0, 0.05) is 16.8 Å². The van der Waals surface area contributed by atoms with E-state index in [0.717, 1.165) is 22.3 Å². The summed E-state index contributed by atoms with van der Waals surface area (Å²) in [5, 5.41) is 6.10. The maximum absolute atomic E-state index is 12.5. The highest BCUT2D eigenvalue weighted by atomic mass is 16.7. The average Bonchev–Trinajstić information content (AvgIpc) is 3.06. The first kappa shape index (κ1) is 18.1. The molecule has 0 spiro atoms. The summed E-state index contributed by atoms with van der Waals surface area (Å²) in [7, 11) is 1.39. The van der Waals surface area contributed by atoms with Gasteiger partial charge >= 0.3 is 6.03 Å². The van der Waals surface area contributed by atoms with Crippen LogP contribution < -0.4 is 20.7 Å². The van der Waals surface area contributed by atoms with E-state index >= 15 is 0 Å². The number of aryl methyl sites for hydroxylation is 1. The highest BCUT2D eigenvalue weighted by molar-refractivity contribution is 6.14. The molecule has 146 valence electrons. The number of hydroxylamine groups is 1.